The largest absolute Gasteiger partial charge is 0.461 e. The Morgan fingerprint density at radius 3 is 2.38 bits per heavy atom. The number of ether oxygens (including phenoxy) is 1. The summed E-state index contributed by atoms with van der Waals surface area (Å²) in [6.45, 7) is 1.79. The first-order valence-corrected chi connectivity index (χ1v) is 4.12. The number of carbonyl (C=O) groups excluding carboxylic acids is 1. The van der Waals surface area contributed by atoms with E-state index in [0.29, 0.717) is 0 Å². The van der Waals surface area contributed by atoms with Crippen LogP contribution in [0.1, 0.15) is 6.92 Å². The summed E-state index contributed by atoms with van der Waals surface area (Å²) < 4.78 is 4.50. The van der Waals surface area contributed by atoms with Crippen LogP contribution in [0.3, 0.4) is 0 Å². The molecule has 2 N–H and O–H groups in total. The van der Waals surface area contributed by atoms with Gasteiger partial charge in [-0.15, -0.1) is 0 Å². The molecule has 0 radical (unpaired) electrons. The van der Waals surface area contributed by atoms with Gasteiger partial charge in [0.05, 0.1) is 11.6 Å². The van der Waals surface area contributed by atoms with Crippen molar-refractivity contribution in [2.75, 3.05) is 6.61 Å². The molecule has 13 heavy (non-hydrogen) atoms. The zero-order chi connectivity index (χ0) is 10.4. The van der Waals surface area contributed by atoms with E-state index in [9.17, 15) is 4.79 Å². The van der Waals surface area contributed by atoms with Crippen molar-refractivity contribution in [3.8, 4) is 0 Å². The summed E-state index contributed by atoms with van der Waals surface area (Å²) in [5, 5.41) is 13.4. The van der Waals surface area contributed by atoms with E-state index in [1.54, 1.807) is 6.92 Å². The maximum atomic E-state index is 10.9. The zero-order valence-corrected chi connectivity index (χ0v) is 8.37. The highest BCUT2D eigenvalue weighted by Crippen LogP contribution is 2.06. The number of halogens is 2. The molecule has 0 aromatic carbocycles. The Labute approximate surface area is 85.5 Å². The Morgan fingerprint density at radius 1 is 1.46 bits per heavy atom. The van der Waals surface area contributed by atoms with E-state index in [1.165, 1.54) is 0 Å². The summed E-state index contributed by atoms with van der Waals surface area (Å²) in [4.78, 5) is 10.9. The average molecular weight is 223 g/mol. The molecule has 0 spiro atoms. The predicted molar refractivity (Wildman–Crippen MR) is 51.9 cm³/mol. The molecule has 0 bridgehead atoms. The summed E-state index contributed by atoms with van der Waals surface area (Å²) >= 11 is 10.6. The van der Waals surface area contributed by atoms with E-state index in [-0.39, 0.29) is 16.8 Å². The molecule has 0 saturated carbocycles. The Morgan fingerprint density at radius 2 is 2.00 bits per heavy atom. The number of rotatable bonds is 4. The lowest BCUT2D eigenvalue weighted by Crippen LogP contribution is -2.16. The summed E-state index contributed by atoms with van der Waals surface area (Å²) in [7, 11) is 0. The number of esters is 1. The first-order chi connectivity index (χ1) is 5.99. The summed E-state index contributed by atoms with van der Waals surface area (Å²) in [5.74, 6) is -0.832. The molecule has 0 saturated heterocycles. The third-order valence-corrected chi connectivity index (χ3v) is 1.38. The van der Waals surface area contributed by atoms with Crippen molar-refractivity contribution in [1.82, 2.24) is 0 Å². The molecule has 0 atom stereocenters. The quantitative estimate of drug-likeness (QED) is 0.564. The van der Waals surface area contributed by atoms with Gasteiger partial charge in [-0.2, -0.15) is 0 Å². The lowest BCUT2D eigenvalue weighted by atomic mass is 10.3. The Balaban J connectivity index is 4.43. The van der Waals surface area contributed by atoms with E-state index in [0.717, 1.165) is 6.08 Å². The van der Waals surface area contributed by atoms with E-state index >= 15 is 0 Å². The summed E-state index contributed by atoms with van der Waals surface area (Å²) in [6.07, 6.45) is 0.988. The number of hydrogen-bond acceptors (Lipinski definition) is 4. The molecule has 0 aliphatic heterocycles. The van der Waals surface area contributed by atoms with Crippen LogP contribution in [0, 0.1) is 10.8 Å². The highest BCUT2D eigenvalue weighted by Gasteiger charge is 2.13. The normalized spacial score (nSPS) is 10.8. The zero-order valence-electron chi connectivity index (χ0n) is 6.86. The highest BCUT2D eigenvalue weighted by molar-refractivity contribution is 6.69. The van der Waals surface area contributed by atoms with Crippen LogP contribution in [0.25, 0.3) is 0 Å². The smallest absolute Gasteiger partial charge is 0.357 e. The third kappa shape index (κ3) is 4.65. The van der Waals surface area contributed by atoms with Gasteiger partial charge in [-0.25, -0.2) is 4.79 Å². The fraction of sp³-hybridized carbons (Fsp3) is 0.286. The first kappa shape index (κ1) is 12.1. The molecular weight excluding hydrogens is 215 g/mol. The molecule has 0 aromatic heterocycles. The number of allylic oxidation sites excluding steroid dienone is 1. The van der Waals surface area contributed by atoms with Crippen molar-refractivity contribution in [2.24, 2.45) is 0 Å². The van der Waals surface area contributed by atoms with Crippen molar-refractivity contribution in [2.45, 2.75) is 6.92 Å². The average Bonchev–Trinajstić information content (AvgIpc) is 2.02. The van der Waals surface area contributed by atoms with Crippen molar-refractivity contribution < 1.29 is 9.53 Å². The SMILES string of the molecule is CCOC(=O)C(=N)/C(Cl)=C\C(=N)Cl. The van der Waals surface area contributed by atoms with Crippen LogP contribution in [0.5, 0.6) is 0 Å². The van der Waals surface area contributed by atoms with Crippen molar-refractivity contribution in [3.05, 3.63) is 11.1 Å². The van der Waals surface area contributed by atoms with E-state index in [4.69, 9.17) is 34.0 Å². The van der Waals surface area contributed by atoms with Gasteiger partial charge >= 0.3 is 5.97 Å². The molecule has 0 fully saturated rings. The van der Waals surface area contributed by atoms with Gasteiger partial charge in [0.25, 0.3) is 0 Å². The van der Waals surface area contributed by atoms with Gasteiger partial charge < -0.3 is 4.74 Å². The van der Waals surface area contributed by atoms with Gasteiger partial charge in [0.1, 0.15) is 5.17 Å². The molecule has 0 amide bonds. The molecule has 0 aliphatic rings. The standard InChI is InChI=1S/C7H8Cl2N2O2/c1-2-13-7(12)6(11)4(8)3-5(9)10/h3,10-11H,2H2,1H3/b4-3+,10-5?,11-6?. The topological polar surface area (TPSA) is 74.0 Å². The number of hydrogen-bond donors (Lipinski definition) is 2. The van der Waals surface area contributed by atoms with Gasteiger partial charge in [0.2, 0.25) is 0 Å². The molecule has 0 heterocycles. The molecule has 0 rings (SSSR count). The van der Waals surface area contributed by atoms with Crippen molar-refractivity contribution >= 4 is 40.1 Å². The van der Waals surface area contributed by atoms with Crippen LogP contribution in [0.15, 0.2) is 11.1 Å². The number of carbonyl (C=O) groups is 1. The van der Waals surface area contributed by atoms with Crippen LogP contribution in [-0.2, 0) is 9.53 Å². The van der Waals surface area contributed by atoms with Gasteiger partial charge in [-0.3, -0.25) is 10.8 Å². The minimum Gasteiger partial charge on any atom is -0.461 e. The van der Waals surface area contributed by atoms with Crippen molar-refractivity contribution in [1.29, 1.82) is 10.8 Å². The van der Waals surface area contributed by atoms with Gasteiger partial charge in [0.15, 0.2) is 5.71 Å². The number of nitrogens with one attached hydrogen (secondary N) is 2. The maximum absolute atomic E-state index is 10.9. The van der Waals surface area contributed by atoms with Crippen LogP contribution < -0.4 is 0 Å². The van der Waals surface area contributed by atoms with E-state index in [2.05, 4.69) is 4.74 Å². The maximum Gasteiger partial charge on any atom is 0.357 e. The summed E-state index contributed by atoms with van der Waals surface area (Å²) in [5.41, 5.74) is -0.506. The van der Waals surface area contributed by atoms with Crippen LogP contribution in [-0.4, -0.2) is 23.5 Å². The highest BCUT2D eigenvalue weighted by atomic mass is 35.5. The Bertz CT molecular complexity index is 274. The lowest BCUT2D eigenvalue weighted by molar-refractivity contribution is -0.135. The van der Waals surface area contributed by atoms with Crippen LogP contribution >= 0.6 is 23.2 Å². The van der Waals surface area contributed by atoms with Gasteiger partial charge in [-0.1, -0.05) is 23.2 Å². The second-order valence-electron chi connectivity index (χ2n) is 1.94. The summed E-state index contributed by atoms with van der Waals surface area (Å²) in [6, 6.07) is 0. The minimum absolute atomic E-state index is 0.170. The fourth-order valence-electron chi connectivity index (χ4n) is 0.484. The fourth-order valence-corrected chi connectivity index (χ4v) is 0.835. The Kier molecular flexibility index (Phi) is 5.34. The molecule has 72 valence electrons. The molecule has 0 unspecified atom stereocenters. The first-order valence-electron chi connectivity index (χ1n) is 3.36. The van der Waals surface area contributed by atoms with Gasteiger partial charge in [-0.05, 0) is 13.0 Å². The monoisotopic (exact) mass is 222 g/mol. The molecule has 0 aliphatic carbocycles. The second kappa shape index (κ2) is 5.72. The third-order valence-electron chi connectivity index (χ3n) is 0.972. The van der Waals surface area contributed by atoms with E-state index in [1.807, 2.05) is 0 Å². The van der Waals surface area contributed by atoms with Gasteiger partial charge in [0, 0.05) is 0 Å². The molecule has 0 aromatic rings. The molecule has 6 heteroatoms. The molecular formula is C7H8Cl2N2O2. The van der Waals surface area contributed by atoms with E-state index < -0.39 is 11.7 Å². The molecule has 4 nitrogen and oxygen atoms in total. The Hall–Kier alpha value is -0.870. The predicted octanol–water partition coefficient (Wildman–Crippen LogP) is 1.91. The van der Waals surface area contributed by atoms with Crippen LogP contribution in [0.2, 0.25) is 0 Å². The van der Waals surface area contributed by atoms with Crippen molar-refractivity contribution in [3.63, 3.8) is 0 Å². The second-order valence-corrected chi connectivity index (χ2v) is 2.75. The lowest BCUT2D eigenvalue weighted by Gasteiger charge is -2.01. The van der Waals surface area contributed by atoms with Crippen LogP contribution in [0.4, 0.5) is 0 Å². The minimum atomic E-state index is -0.832.